The van der Waals surface area contributed by atoms with Crippen LogP contribution in [0.3, 0.4) is 0 Å². The molecule has 0 spiro atoms. The molecule has 1 N–H and O–H groups in total. The maximum absolute atomic E-state index is 12.5. The second-order valence-electron chi connectivity index (χ2n) is 6.91. The molecule has 2 heterocycles. The summed E-state index contributed by atoms with van der Waals surface area (Å²) in [6, 6.07) is 6.68. The van der Waals surface area contributed by atoms with E-state index in [-0.39, 0.29) is 17.6 Å². The van der Waals surface area contributed by atoms with Gasteiger partial charge in [-0.1, -0.05) is 31.7 Å². The molecule has 2 aromatic heterocycles. The molecule has 6 nitrogen and oxygen atoms in total. The summed E-state index contributed by atoms with van der Waals surface area (Å²) in [5.74, 6) is 0.590. The Morgan fingerprint density at radius 3 is 2.69 bits per heavy atom. The van der Waals surface area contributed by atoms with E-state index in [2.05, 4.69) is 33.0 Å². The van der Waals surface area contributed by atoms with E-state index in [9.17, 15) is 9.59 Å². The number of amides is 1. The lowest BCUT2D eigenvalue weighted by Gasteiger charge is -2.10. The van der Waals surface area contributed by atoms with Crippen LogP contribution in [-0.4, -0.2) is 34.7 Å². The Morgan fingerprint density at radius 1 is 1.24 bits per heavy atom. The summed E-state index contributed by atoms with van der Waals surface area (Å²) in [4.78, 5) is 35.7. The molecule has 152 valence electrons. The summed E-state index contributed by atoms with van der Waals surface area (Å²) in [6.07, 6.45) is 0. The van der Waals surface area contributed by atoms with E-state index in [4.69, 9.17) is 14.7 Å². The van der Waals surface area contributed by atoms with Crippen molar-refractivity contribution in [1.29, 1.82) is 0 Å². The first-order valence-corrected chi connectivity index (χ1v) is 11.0. The number of hydrogen-bond donors (Lipinski definition) is 1. The topological polar surface area (TPSA) is 81.2 Å². The van der Waals surface area contributed by atoms with E-state index in [0.717, 1.165) is 26.6 Å². The Hall–Kier alpha value is -2.45. The number of fused-ring (bicyclic) bond motifs is 1. The average Bonchev–Trinajstić information content (AvgIpc) is 2.99. The van der Waals surface area contributed by atoms with Gasteiger partial charge in [0.25, 0.3) is 0 Å². The van der Waals surface area contributed by atoms with E-state index in [0.29, 0.717) is 11.3 Å². The number of thiophene rings is 1. The summed E-state index contributed by atoms with van der Waals surface area (Å²) < 4.78 is 4.72. The molecular weight excluding hydrogens is 406 g/mol. The standard InChI is InChI=1S/C21H23N3O3S2/c1-11(2)18-23-19(17-12(3)13(4)29-20(17)24-18)28-10-16(25)22-15-8-6-7-14(9-15)21(26)27-5/h6-9,11H,10H2,1-5H3,(H,22,25). The molecule has 3 rings (SSSR count). The normalized spacial score (nSPS) is 11.1. The van der Waals surface area contributed by atoms with Gasteiger partial charge >= 0.3 is 5.97 Å². The number of rotatable bonds is 6. The summed E-state index contributed by atoms with van der Waals surface area (Å²) in [6.45, 7) is 8.26. The predicted molar refractivity (Wildman–Crippen MR) is 118 cm³/mol. The Kier molecular flexibility index (Phi) is 6.54. The van der Waals surface area contributed by atoms with Gasteiger partial charge < -0.3 is 10.1 Å². The van der Waals surface area contributed by atoms with Crippen molar-refractivity contribution < 1.29 is 14.3 Å². The van der Waals surface area contributed by atoms with Crippen LogP contribution in [0.2, 0.25) is 0 Å². The van der Waals surface area contributed by atoms with E-state index in [1.54, 1.807) is 35.6 Å². The molecule has 0 unspecified atom stereocenters. The number of nitrogens with one attached hydrogen (secondary N) is 1. The number of ether oxygens (including phenoxy) is 1. The molecule has 0 aliphatic heterocycles. The largest absolute Gasteiger partial charge is 0.465 e. The summed E-state index contributed by atoms with van der Waals surface area (Å²) in [5.41, 5.74) is 2.10. The fourth-order valence-corrected chi connectivity index (χ4v) is 4.76. The molecule has 0 fully saturated rings. The third kappa shape index (κ3) is 4.76. The first kappa shape index (κ1) is 21.3. The molecule has 0 atom stereocenters. The van der Waals surface area contributed by atoms with Crippen molar-refractivity contribution >= 4 is 50.9 Å². The fourth-order valence-electron chi connectivity index (χ4n) is 2.76. The van der Waals surface area contributed by atoms with Gasteiger partial charge in [0.2, 0.25) is 5.91 Å². The highest BCUT2D eigenvalue weighted by molar-refractivity contribution is 8.00. The number of thioether (sulfide) groups is 1. The van der Waals surface area contributed by atoms with E-state index in [1.165, 1.54) is 23.7 Å². The van der Waals surface area contributed by atoms with Crippen LogP contribution in [0.5, 0.6) is 0 Å². The van der Waals surface area contributed by atoms with Gasteiger partial charge in [-0.15, -0.1) is 11.3 Å². The first-order valence-electron chi connectivity index (χ1n) is 9.18. The zero-order valence-electron chi connectivity index (χ0n) is 17.0. The van der Waals surface area contributed by atoms with Crippen molar-refractivity contribution in [3.05, 3.63) is 46.1 Å². The molecule has 1 amide bonds. The fraction of sp³-hybridized carbons (Fsp3) is 0.333. The number of carbonyl (C=O) groups excluding carboxylic acids is 2. The van der Waals surface area contributed by atoms with Gasteiger partial charge in [-0.05, 0) is 37.6 Å². The molecule has 3 aromatic rings. The number of methoxy groups -OCH3 is 1. The summed E-state index contributed by atoms with van der Waals surface area (Å²) in [7, 11) is 1.33. The van der Waals surface area contributed by atoms with Crippen LogP contribution in [0.25, 0.3) is 10.2 Å². The van der Waals surface area contributed by atoms with Crippen molar-refractivity contribution in [2.75, 3.05) is 18.2 Å². The van der Waals surface area contributed by atoms with Crippen LogP contribution in [0, 0.1) is 13.8 Å². The highest BCUT2D eigenvalue weighted by atomic mass is 32.2. The maximum atomic E-state index is 12.5. The molecular formula is C21H23N3O3S2. The number of carbonyl (C=O) groups is 2. The zero-order chi connectivity index (χ0) is 21.1. The van der Waals surface area contributed by atoms with Gasteiger partial charge in [0.05, 0.1) is 18.4 Å². The Bertz CT molecular complexity index is 1080. The lowest BCUT2D eigenvalue weighted by atomic mass is 10.2. The quantitative estimate of drug-likeness (QED) is 0.339. The number of esters is 1. The number of aryl methyl sites for hydroxylation is 2. The van der Waals surface area contributed by atoms with Crippen LogP contribution in [0.15, 0.2) is 29.3 Å². The second-order valence-corrected chi connectivity index (χ2v) is 9.08. The molecule has 29 heavy (non-hydrogen) atoms. The van der Waals surface area contributed by atoms with Crippen LogP contribution in [0.1, 0.15) is 46.4 Å². The lowest BCUT2D eigenvalue weighted by Crippen LogP contribution is -2.15. The van der Waals surface area contributed by atoms with Crippen molar-refractivity contribution in [3.63, 3.8) is 0 Å². The Morgan fingerprint density at radius 2 is 2.00 bits per heavy atom. The highest BCUT2D eigenvalue weighted by Crippen LogP contribution is 2.36. The van der Waals surface area contributed by atoms with Crippen molar-refractivity contribution in [1.82, 2.24) is 9.97 Å². The molecule has 1 aromatic carbocycles. The first-order chi connectivity index (χ1) is 13.8. The molecule has 0 bridgehead atoms. The molecule has 0 aliphatic rings. The minimum atomic E-state index is -0.441. The highest BCUT2D eigenvalue weighted by Gasteiger charge is 2.17. The summed E-state index contributed by atoms with van der Waals surface area (Å²) in [5, 5.41) is 4.69. The van der Waals surface area contributed by atoms with Crippen LogP contribution in [-0.2, 0) is 9.53 Å². The number of hydrogen-bond acceptors (Lipinski definition) is 7. The second kappa shape index (κ2) is 8.92. The van der Waals surface area contributed by atoms with Gasteiger partial charge in [-0.25, -0.2) is 14.8 Å². The molecule has 0 aliphatic carbocycles. The minimum absolute atomic E-state index is 0.167. The minimum Gasteiger partial charge on any atom is -0.465 e. The molecule has 8 heteroatoms. The number of nitrogens with zero attached hydrogens (tertiary/aromatic N) is 2. The van der Waals surface area contributed by atoms with Gasteiger partial charge in [0.1, 0.15) is 15.7 Å². The van der Waals surface area contributed by atoms with E-state index in [1.807, 2.05) is 0 Å². The van der Waals surface area contributed by atoms with Gasteiger partial charge in [0.15, 0.2) is 0 Å². The average molecular weight is 430 g/mol. The molecule has 0 saturated heterocycles. The van der Waals surface area contributed by atoms with Gasteiger partial charge in [0, 0.05) is 21.9 Å². The smallest absolute Gasteiger partial charge is 0.337 e. The van der Waals surface area contributed by atoms with Crippen LogP contribution >= 0.6 is 23.1 Å². The van der Waals surface area contributed by atoms with E-state index < -0.39 is 5.97 Å². The third-order valence-corrected chi connectivity index (χ3v) is 6.51. The zero-order valence-corrected chi connectivity index (χ0v) is 18.7. The van der Waals surface area contributed by atoms with Crippen molar-refractivity contribution in [2.45, 2.75) is 38.6 Å². The molecule has 0 saturated carbocycles. The predicted octanol–water partition coefficient (Wildman–Crippen LogP) is 4.95. The van der Waals surface area contributed by atoms with Gasteiger partial charge in [-0.2, -0.15) is 0 Å². The van der Waals surface area contributed by atoms with Crippen molar-refractivity contribution in [2.24, 2.45) is 0 Å². The monoisotopic (exact) mass is 429 g/mol. The van der Waals surface area contributed by atoms with E-state index >= 15 is 0 Å². The third-order valence-electron chi connectivity index (χ3n) is 4.44. The van der Waals surface area contributed by atoms with Gasteiger partial charge in [-0.3, -0.25) is 4.79 Å². The van der Waals surface area contributed by atoms with Crippen molar-refractivity contribution in [3.8, 4) is 0 Å². The van der Waals surface area contributed by atoms with Crippen LogP contribution in [0.4, 0.5) is 5.69 Å². The Balaban J connectivity index is 1.78. The summed E-state index contributed by atoms with van der Waals surface area (Å²) >= 11 is 3.06. The maximum Gasteiger partial charge on any atom is 0.337 e. The SMILES string of the molecule is COC(=O)c1cccc(NC(=O)CSc2nc(C(C)C)nc3sc(C)c(C)c23)c1. The lowest BCUT2D eigenvalue weighted by molar-refractivity contribution is -0.113. The number of anilines is 1. The number of aromatic nitrogens is 2. The number of benzene rings is 1. The Labute approximate surface area is 178 Å². The molecule has 0 radical (unpaired) electrons. The van der Waals surface area contributed by atoms with Crippen LogP contribution < -0.4 is 5.32 Å².